The Morgan fingerprint density at radius 3 is 2.59 bits per heavy atom. The van der Waals surface area contributed by atoms with Crippen molar-refractivity contribution in [2.24, 2.45) is 0 Å². The number of carbonyl (C=O) groups is 1. The first-order chi connectivity index (χ1) is 16.7. The van der Waals surface area contributed by atoms with Crippen LogP contribution >= 0.6 is 0 Å². The molecule has 7 heteroatoms. The number of rotatable bonds is 7. The molecule has 0 spiro atoms. The third-order valence-corrected chi connectivity index (χ3v) is 5.39. The molecule has 0 saturated heterocycles. The molecular formula is C27H22N4O3. The van der Waals surface area contributed by atoms with E-state index in [1.165, 1.54) is 0 Å². The Hall–Kier alpha value is -4.65. The molecule has 0 saturated carbocycles. The van der Waals surface area contributed by atoms with Gasteiger partial charge in [-0.1, -0.05) is 36.4 Å². The number of anilines is 1. The summed E-state index contributed by atoms with van der Waals surface area (Å²) in [6.45, 7) is 0.468. The number of carbonyl (C=O) groups excluding carboxylic acids is 1. The summed E-state index contributed by atoms with van der Waals surface area (Å²) < 4.78 is 13.1. The number of imidazole rings is 1. The van der Waals surface area contributed by atoms with Crippen molar-refractivity contribution in [3.8, 4) is 22.6 Å². The molecule has 0 fully saturated rings. The number of aromatic nitrogens is 3. The van der Waals surface area contributed by atoms with Crippen LogP contribution in [-0.2, 0) is 6.61 Å². The van der Waals surface area contributed by atoms with Gasteiger partial charge >= 0.3 is 0 Å². The SMILES string of the molecule is COc1ccc(-c2cnc3nccn3c2)cc1NC(=O)c1ccc(OCc2ccccc2)cc1. The summed E-state index contributed by atoms with van der Waals surface area (Å²) in [4.78, 5) is 21.5. The van der Waals surface area contributed by atoms with E-state index >= 15 is 0 Å². The highest BCUT2D eigenvalue weighted by molar-refractivity contribution is 6.05. The second kappa shape index (κ2) is 9.46. The van der Waals surface area contributed by atoms with Crippen LogP contribution in [0.4, 0.5) is 5.69 Å². The van der Waals surface area contributed by atoms with Crippen LogP contribution in [-0.4, -0.2) is 27.4 Å². The molecule has 0 radical (unpaired) electrons. The van der Waals surface area contributed by atoms with Gasteiger partial charge in [-0.2, -0.15) is 0 Å². The van der Waals surface area contributed by atoms with Crippen LogP contribution in [0.1, 0.15) is 15.9 Å². The van der Waals surface area contributed by atoms with Crippen LogP contribution in [0.5, 0.6) is 11.5 Å². The van der Waals surface area contributed by atoms with E-state index in [9.17, 15) is 4.79 Å². The monoisotopic (exact) mass is 450 g/mol. The first-order valence-corrected chi connectivity index (χ1v) is 10.7. The third-order valence-electron chi connectivity index (χ3n) is 5.39. The van der Waals surface area contributed by atoms with Crippen molar-refractivity contribution in [3.63, 3.8) is 0 Å². The number of hydrogen-bond donors (Lipinski definition) is 1. The van der Waals surface area contributed by atoms with Crippen molar-refractivity contribution in [1.82, 2.24) is 14.4 Å². The summed E-state index contributed by atoms with van der Waals surface area (Å²) in [6.07, 6.45) is 7.23. The lowest BCUT2D eigenvalue weighted by atomic mass is 10.1. The van der Waals surface area contributed by atoms with E-state index in [0.29, 0.717) is 35.1 Å². The Bertz CT molecular complexity index is 1430. The van der Waals surface area contributed by atoms with Crippen molar-refractivity contribution >= 4 is 17.4 Å². The molecule has 2 aromatic heterocycles. The molecule has 1 amide bonds. The fraction of sp³-hybridized carbons (Fsp3) is 0.0741. The summed E-state index contributed by atoms with van der Waals surface area (Å²) in [7, 11) is 1.57. The third kappa shape index (κ3) is 4.59. The predicted molar refractivity (Wildman–Crippen MR) is 130 cm³/mol. The number of fused-ring (bicyclic) bond motifs is 1. The maximum atomic E-state index is 12.9. The molecule has 2 heterocycles. The van der Waals surface area contributed by atoms with Gasteiger partial charge in [-0.05, 0) is 47.5 Å². The minimum absolute atomic E-state index is 0.242. The zero-order valence-electron chi connectivity index (χ0n) is 18.5. The lowest BCUT2D eigenvalue weighted by Crippen LogP contribution is -2.12. The molecule has 3 aromatic carbocycles. The van der Waals surface area contributed by atoms with Gasteiger partial charge in [-0.15, -0.1) is 0 Å². The molecule has 0 atom stereocenters. The normalized spacial score (nSPS) is 10.7. The molecule has 5 aromatic rings. The van der Waals surface area contributed by atoms with E-state index in [4.69, 9.17) is 9.47 Å². The first kappa shape index (κ1) is 21.2. The molecule has 0 bridgehead atoms. The topological polar surface area (TPSA) is 77.8 Å². The van der Waals surface area contributed by atoms with E-state index < -0.39 is 0 Å². The lowest BCUT2D eigenvalue weighted by Gasteiger charge is -2.13. The Labute approximate surface area is 196 Å². The zero-order chi connectivity index (χ0) is 23.3. The van der Waals surface area contributed by atoms with Crippen molar-refractivity contribution in [2.45, 2.75) is 6.61 Å². The number of benzene rings is 3. The molecule has 0 aliphatic carbocycles. The molecule has 34 heavy (non-hydrogen) atoms. The van der Waals surface area contributed by atoms with Crippen LogP contribution in [0, 0.1) is 0 Å². The van der Waals surface area contributed by atoms with Crippen molar-refractivity contribution in [1.29, 1.82) is 0 Å². The number of methoxy groups -OCH3 is 1. The molecule has 5 rings (SSSR count). The second-order valence-corrected chi connectivity index (χ2v) is 7.64. The average molecular weight is 450 g/mol. The second-order valence-electron chi connectivity index (χ2n) is 7.64. The van der Waals surface area contributed by atoms with Crippen LogP contribution in [0.2, 0.25) is 0 Å². The molecule has 0 unspecified atom stereocenters. The number of nitrogens with zero attached hydrogens (tertiary/aromatic N) is 3. The largest absolute Gasteiger partial charge is 0.495 e. The Morgan fingerprint density at radius 1 is 0.971 bits per heavy atom. The van der Waals surface area contributed by atoms with Crippen LogP contribution in [0.3, 0.4) is 0 Å². The Morgan fingerprint density at radius 2 is 1.79 bits per heavy atom. The van der Waals surface area contributed by atoms with Gasteiger partial charge < -0.3 is 14.8 Å². The molecular weight excluding hydrogens is 428 g/mol. The highest BCUT2D eigenvalue weighted by Crippen LogP contribution is 2.31. The smallest absolute Gasteiger partial charge is 0.255 e. The summed E-state index contributed by atoms with van der Waals surface area (Å²) in [6, 6.07) is 22.6. The van der Waals surface area contributed by atoms with Gasteiger partial charge in [0.2, 0.25) is 5.78 Å². The highest BCUT2D eigenvalue weighted by atomic mass is 16.5. The summed E-state index contributed by atoms with van der Waals surface area (Å²) in [5, 5.41) is 2.95. The molecule has 1 N–H and O–H groups in total. The minimum Gasteiger partial charge on any atom is -0.495 e. The van der Waals surface area contributed by atoms with E-state index in [0.717, 1.165) is 16.7 Å². The van der Waals surface area contributed by atoms with E-state index in [-0.39, 0.29) is 5.91 Å². The maximum Gasteiger partial charge on any atom is 0.255 e. The zero-order valence-corrected chi connectivity index (χ0v) is 18.5. The minimum atomic E-state index is -0.242. The van der Waals surface area contributed by atoms with Gasteiger partial charge in [0.15, 0.2) is 0 Å². The molecule has 0 aliphatic heterocycles. The van der Waals surface area contributed by atoms with Gasteiger partial charge in [0.25, 0.3) is 5.91 Å². The number of hydrogen-bond acceptors (Lipinski definition) is 5. The van der Waals surface area contributed by atoms with Gasteiger partial charge in [-0.3, -0.25) is 9.20 Å². The first-order valence-electron chi connectivity index (χ1n) is 10.7. The lowest BCUT2D eigenvalue weighted by molar-refractivity contribution is 0.102. The highest BCUT2D eigenvalue weighted by Gasteiger charge is 2.12. The van der Waals surface area contributed by atoms with Crippen molar-refractivity contribution in [3.05, 3.63) is 109 Å². The maximum absolute atomic E-state index is 12.9. The van der Waals surface area contributed by atoms with Gasteiger partial charge in [-0.25, -0.2) is 9.97 Å². The molecule has 0 aliphatic rings. The van der Waals surface area contributed by atoms with Crippen LogP contribution in [0.25, 0.3) is 16.9 Å². The van der Waals surface area contributed by atoms with Crippen LogP contribution in [0.15, 0.2) is 97.6 Å². The van der Waals surface area contributed by atoms with E-state index in [1.807, 2.05) is 65.3 Å². The predicted octanol–water partition coefficient (Wildman–Crippen LogP) is 5.24. The van der Waals surface area contributed by atoms with Crippen molar-refractivity contribution in [2.75, 3.05) is 12.4 Å². The fourth-order valence-corrected chi connectivity index (χ4v) is 3.59. The number of amides is 1. The summed E-state index contributed by atoms with van der Waals surface area (Å²) in [5.41, 5.74) is 3.95. The Balaban J connectivity index is 1.31. The van der Waals surface area contributed by atoms with E-state index in [2.05, 4.69) is 15.3 Å². The van der Waals surface area contributed by atoms with Crippen molar-refractivity contribution < 1.29 is 14.3 Å². The average Bonchev–Trinajstić information content (AvgIpc) is 3.36. The summed E-state index contributed by atoms with van der Waals surface area (Å²) in [5.74, 6) is 1.65. The van der Waals surface area contributed by atoms with Crippen LogP contribution < -0.4 is 14.8 Å². The van der Waals surface area contributed by atoms with E-state index in [1.54, 1.807) is 43.8 Å². The Kier molecular flexibility index (Phi) is 5.90. The quantitative estimate of drug-likeness (QED) is 0.367. The summed E-state index contributed by atoms with van der Waals surface area (Å²) >= 11 is 0. The molecule has 7 nitrogen and oxygen atoms in total. The number of ether oxygens (including phenoxy) is 2. The molecule has 168 valence electrons. The fourth-order valence-electron chi connectivity index (χ4n) is 3.59. The van der Waals surface area contributed by atoms with Gasteiger partial charge in [0.05, 0.1) is 12.8 Å². The van der Waals surface area contributed by atoms with Gasteiger partial charge in [0, 0.05) is 35.9 Å². The number of nitrogens with one attached hydrogen (secondary N) is 1. The standard InChI is InChI=1S/C27H22N4O3/c1-33-25-12-9-21(22-16-29-27-28-13-14-31(27)17-22)15-24(25)30-26(32)20-7-10-23(11-8-20)34-18-19-5-3-2-4-6-19/h2-17H,18H2,1H3,(H,30,32). The van der Waals surface area contributed by atoms with Gasteiger partial charge in [0.1, 0.15) is 18.1 Å².